The Morgan fingerprint density at radius 1 is 1.32 bits per heavy atom. The second-order valence-electron chi connectivity index (χ2n) is 5.47. The van der Waals surface area contributed by atoms with Gasteiger partial charge in [-0.15, -0.1) is 0 Å². The van der Waals surface area contributed by atoms with Crippen LogP contribution in [0.3, 0.4) is 0 Å². The molecule has 0 aliphatic heterocycles. The Bertz CT molecular complexity index is 428. The van der Waals surface area contributed by atoms with Crippen molar-refractivity contribution in [1.29, 1.82) is 0 Å². The van der Waals surface area contributed by atoms with E-state index in [1.54, 1.807) is 12.1 Å². The molecule has 0 spiro atoms. The SMILES string of the molecule is CCNC1CCC(O)(Cc2cc(Cl)ccc2Cl)CC1. The van der Waals surface area contributed by atoms with Crippen LogP contribution < -0.4 is 5.32 Å². The van der Waals surface area contributed by atoms with Gasteiger partial charge in [-0.1, -0.05) is 30.1 Å². The van der Waals surface area contributed by atoms with Crippen molar-refractivity contribution >= 4 is 23.2 Å². The molecule has 1 saturated carbocycles. The van der Waals surface area contributed by atoms with Gasteiger partial charge < -0.3 is 10.4 Å². The summed E-state index contributed by atoms with van der Waals surface area (Å²) in [7, 11) is 0. The van der Waals surface area contributed by atoms with Gasteiger partial charge in [0.1, 0.15) is 0 Å². The molecule has 0 saturated heterocycles. The highest BCUT2D eigenvalue weighted by Crippen LogP contribution is 2.34. The van der Waals surface area contributed by atoms with E-state index >= 15 is 0 Å². The first kappa shape index (κ1) is 15.1. The van der Waals surface area contributed by atoms with Crippen molar-refractivity contribution in [3.63, 3.8) is 0 Å². The highest BCUT2D eigenvalue weighted by Gasteiger charge is 2.33. The lowest BCUT2D eigenvalue weighted by Crippen LogP contribution is -2.42. The zero-order valence-corrected chi connectivity index (χ0v) is 12.8. The van der Waals surface area contributed by atoms with Gasteiger partial charge in [-0.05, 0) is 56.0 Å². The summed E-state index contributed by atoms with van der Waals surface area (Å²) in [5, 5.41) is 15.5. The number of nitrogens with one attached hydrogen (secondary N) is 1. The second kappa shape index (κ2) is 6.45. The Morgan fingerprint density at radius 2 is 2.00 bits per heavy atom. The summed E-state index contributed by atoms with van der Waals surface area (Å²) in [5.74, 6) is 0. The van der Waals surface area contributed by atoms with Gasteiger partial charge in [0.15, 0.2) is 0 Å². The lowest BCUT2D eigenvalue weighted by Gasteiger charge is -2.36. The standard InChI is InChI=1S/C15H21Cl2NO/c1-2-18-13-5-7-15(19,8-6-13)10-11-9-12(16)3-4-14(11)17/h3-4,9,13,18-19H,2,5-8,10H2,1H3. The van der Waals surface area contributed by atoms with Crippen molar-refractivity contribution < 1.29 is 5.11 Å². The van der Waals surface area contributed by atoms with E-state index in [1.807, 2.05) is 6.07 Å². The molecular formula is C15H21Cl2NO. The smallest absolute Gasteiger partial charge is 0.0689 e. The van der Waals surface area contributed by atoms with Crippen LogP contribution in [-0.4, -0.2) is 23.3 Å². The van der Waals surface area contributed by atoms with Crippen LogP contribution in [0.15, 0.2) is 18.2 Å². The quantitative estimate of drug-likeness (QED) is 0.886. The van der Waals surface area contributed by atoms with Gasteiger partial charge >= 0.3 is 0 Å². The zero-order valence-electron chi connectivity index (χ0n) is 11.3. The fraction of sp³-hybridized carbons (Fsp3) is 0.600. The van der Waals surface area contributed by atoms with E-state index in [-0.39, 0.29) is 0 Å². The minimum Gasteiger partial charge on any atom is -0.390 e. The molecule has 1 aliphatic rings. The zero-order chi connectivity index (χ0) is 13.9. The molecule has 4 heteroatoms. The third kappa shape index (κ3) is 4.09. The van der Waals surface area contributed by atoms with Gasteiger partial charge in [0.25, 0.3) is 0 Å². The summed E-state index contributed by atoms with van der Waals surface area (Å²) in [6.07, 6.45) is 4.25. The van der Waals surface area contributed by atoms with Crippen molar-refractivity contribution in [2.75, 3.05) is 6.54 Å². The van der Waals surface area contributed by atoms with Gasteiger partial charge in [-0.2, -0.15) is 0 Å². The first-order chi connectivity index (χ1) is 9.02. The predicted molar refractivity (Wildman–Crippen MR) is 81.0 cm³/mol. The third-order valence-corrected chi connectivity index (χ3v) is 4.54. The summed E-state index contributed by atoms with van der Waals surface area (Å²) < 4.78 is 0. The molecule has 0 heterocycles. The molecule has 0 radical (unpaired) electrons. The normalized spacial score (nSPS) is 27.5. The molecule has 0 unspecified atom stereocenters. The molecule has 1 aromatic rings. The van der Waals surface area contributed by atoms with Crippen molar-refractivity contribution in [2.45, 2.75) is 50.7 Å². The van der Waals surface area contributed by atoms with Crippen molar-refractivity contribution in [2.24, 2.45) is 0 Å². The molecule has 1 fully saturated rings. The van der Waals surface area contributed by atoms with Crippen LogP contribution in [0.1, 0.15) is 38.2 Å². The minimum atomic E-state index is -0.639. The predicted octanol–water partition coefficient (Wildman–Crippen LogP) is 3.82. The van der Waals surface area contributed by atoms with E-state index in [2.05, 4.69) is 12.2 Å². The van der Waals surface area contributed by atoms with Gasteiger partial charge in [-0.3, -0.25) is 0 Å². The van der Waals surface area contributed by atoms with E-state index in [0.29, 0.717) is 22.5 Å². The summed E-state index contributed by atoms with van der Waals surface area (Å²) in [5.41, 5.74) is 0.304. The first-order valence-corrected chi connectivity index (χ1v) is 7.68. The van der Waals surface area contributed by atoms with Gasteiger partial charge in [0, 0.05) is 22.5 Å². The number of aliphatic hydroxyl groups is 1. The van der Waals surface area contributed by atoms with Crippen molar-refractivity contribution in [1.82, 2.24) is 5.32 Å². The van der Waals surface area contributed by atoms with Crippen molar-refractivity contribution in [3.05, 3.63) is 33.8 Å². The topological polar surface area (TPSA) is 32.3 Å². The molecule has 0 atom stereocenters. The van der Waals surface area contributed by atoms with E-state index < -0.39 is 5.60 Å². The number of halogens is 2. The third-order valence-electron chi connectivity index (χ3n) is 3.94. The number of hydrogen-bond acceptors (Lipinski definition) is 2. The van der Waals surface area contributed by atoms with Crippen LogP contribution in [0.25, 0.3) is 0 Å². The summed E-state index contributed by atoms with van der Waals surface area (Å²) in [6.45, 7) is 3.11. The fourth-order valence-electron chi connectivity index (χ4n) is 2.86. The lowest BCUT2D eigenvalue weighted by atomic mass is 9.78. The maximum Gasteiger partial charge on any atom is 0.0689 e. The monoisotopic (exact) mass is 301 g/mol. The maximum atomic E-state index is 10.7. The molecule has 0 aromatic heterocycles. The largest absolute Gasteiger partial charge is 0.390 e. The van der Waals surface area contributed by atoms with E-state index in [0.717, 1.165) is 37.8 Å². The van der Waals surface area contributed by atoms with Gasteiger partial charge in [0.05, 0.1) is 5.60 Å². The molecule has 1 aliphatic carbocycles. The molecule has 2 N–H and O–H groups in total. The van der Waals surface area contributed by atoms with Crippen LogP contribution in [0.2, 0.25) is 10.0 Å². The van der Waals surface area contributed by atoms with Crippen LogP contribution in [0, 0.1) is 0 Å². The van der Waals surface area contributed by atoms with Crippen LogP contribution in [0.4, 0.5) is 0 Å². The Hall–Kier alpha value is -0.280. The molecule has 1 aromatic carbocycles. The molecule has 106 valence electrons. The van der Waals surface area contributed by atoms with Crippen LogP contribution >= 0.6 is 23.2 Å². The summed E-state index contributed by atoms with van der Waals surface area (Å²) in [6, 6.07) is 5.98. The van der Waals surface area contributed by atoms with Crippen molar-refractivity contribution in [3.8, 4) is 0 Å². The maximum absolute atomic E-state index is 10.7. The Labute approximate surface area is 125 Å². The Morgan fingerprint density at radius 3 is 2.63 bits per heavy atom. The number of benzene rings is 1. The Balaban J connectivity index is 2.00. The second-order valence-corrected chi connectivity index (χ2v) is 6.31. The highest BCUT2D eigenvalue weighted by atomic mass is 35.5. The number of rotatable bonds is 4. The molecule has 0 amide bonds. The number of hydrogen-bond donors (Lipinski definition) is 2. The molecule has 0 bridgehead atoms. The first-order valence-electron chi connectivity index (χ1n) is 6.92. The van der Waals surface area contributed by atoms with E-state index in [1.165, 1.54) is 0 Å². The fourth-order valence-corrected chi connectivity index (χ4v) is 3.24. The van der Waals surface area contributed by atoms with Gasteiger partial charge in [0.2, 0.25) is 0 Å². The molecular weight excluding hydrogens is 281 g/mol. The van der Waals surface area contributed by atoms with Crippen LogP contribution in [-0.2, 0) is 6.42 Å². The Kier molecular flexibility index (Phi) is 5.13. The average Bonchev–Trinajstić information content (AvgIpc) is 2.37. The molecule has 2 nitrogen and oxygen atoms in total. The summed E-state index contributed by atoms with van der Waals surface area (Å²) >= 11 is 12.2. The van der Waals surface area contributed by atoms with Gasteiger partial charge in [-0.25, -0.2) is 0 Å². The molecule has 2 rings (SSSR count). The summed E-state index contributed by atoms with van der Waals surface area (Å²) in [4.78, 5) is 0. The lowest BCUT2D eigenvalue weighted by molar-refractivity contribution is -0.00292. The highest BCUT2D eigenvalue weighted by molar-refractivity contribution is 6.33. The average molecular weight is 302 g/mol. The van der Waals surface area contributed by atoms with E-state index in [4.69, 9.17) is 23.2 Å². The molecule has 19 heavy (non-hydrogen) atoms. The van der Waals surface area contributed by atoms with Crippen LogP contribution in [0.5, 0.6) is 0 Å². The minimum absolute atomic E-state index is 0.542. The van der Waals surface area contributed by atoms with E-state index in [9.17, 15) is 5.11 Å².